The number of anilines is 1. The second-order valence-corrected chi connectivity index (χ2v) is 5.99. The monoisotopic (exact) mass is 321 g/mol. The summed E-state index contributed by atoms with van der Waals surface area (Å²) in [6, 6.07) is 7.11. The predicted octanol–water partition coefficient (Wildman–Crippen LogP) is 1.74. The van der Waals surface area contributed by atoms with Crippen molar-refractivity contribution in [2.75, 3.05) is 51.4 Å². The molecule has 1 aromatic rings. The second kappa shape index (κ2) is 7.72. The lowest BCUT2D eigenvalue weighted by Gasteiger charge is -2.37. The smallest absolute Gasteiger partial charge is 0.292 e. The topological polar surface area (TPSA) is 76.9 Å². The van der Waals surface area contributed by atoms with Crippen molar-refractivity contribution in [3.8, 4) is 0 Å². The Morgan fingerprint density at radius 3 is 2.74 bits per heavy atom. The molecule has 2 atom stereocenters. The highest BCUT2D eigenvalue weighted by Gasteiger charge is 2.31. The second-order valence-electron chi connectivity index (χ2n) is 5.99. The normalized spacial score (nSPS) is 23.6. The van der Waals surface area contributed by atoms with E-state index in [-0.39, 0.29) is 10.6 Å². The molecule has 7 heteroatoms. The van der Waals surface area contributed by atoms with E-state index in [9.17, 15) is 10.1 Å². The molecule has 23 heavy (non-hydrogen) atoms. The molecule has 7 nitrogen and oxygen atoms in total. The average Bonchev–Trinajstić information content (AvgIpc) is 3.10. The van der Waals surface area contributed by atoms with Crippen LogP contribution >= 0.6 is 0 Å². The number of hydrogen-bond donors (Lipinski definition) is 1. The van der Waals surface area contributed by atoms with Gasteiger partial charge in [-0.3, -0.25) is 15.0 Å². The highest BCUT2D eigenvalue weighted by atomic mass is 16.6. The first-order valence-electron chi connectivity index (χ1n) is 8.12. The van der Waals surface area contributed by atoms with E-state index in [2.05, 4.69) is 10.2 Å². The third-order valence-corrected chi connectivity index (χ3v) is 4.63. The summed E-state index contributed by atoms with van der Waals surface area (Å²) in [5, 5.41) is 14.4. The van der Waals surface area contributed by atoms with Gasteiger partial charge in [-0.1, -0.05) is 12.1 Å². The third kappa shape index (κ3) is 3.99. The number of ether oxygens (including phenoxy) is 2. The van der Waals surface area contributed by atoms with E-state index in [0.29, 0.717) is 24.2 Å². The summed E-state index contributed by atoms with van der Waals surface area (Å²) < 4.78 is 11.0. The Hall–Kier alpha value is -1.70. The zero-order valence-electron chi connectivity index (χ0n) is 13.1. The van der Waals surface area contributed by atoms with E-state index in [4.69, 9.17) is 9.47 Å². The minimum atomic E-state index is -0.343. The van der Waals surface area contributed by atoms with Crippen LogP contribution in [-0.2, 0) is 9.47 Å². The highest BCUT2D eigenvalue weighted by Crippen LogP contribution is 2.26. The molecule has 3 rings (SSSR count). The van der Waals surface area contributed by atoms with Crippen molar-refractivity contribution in [1.29, 1.82) is 0 Å². The number of benzene rings is 1. The van der Waals surface area contributed by atoms with Crippen LogP contribution in [0.1, 0.15) is 6.42 Å². The van der Waals surface area contributed by atoms with E-state index < -0.39 is 0 Å². The van der Waals surface area contributed by atoms with Crippen molar-refractivity contribution in [3.63, 3.8) is 0 Å². The van der Waals surface area contributed by atoms with E-state index in [1.807, 2.05) is 6.07 Å². The van der Waals surface area contributed by atoms with E-state index in [0.717, 1.165) is 45.9 Å². The van der Waals surface area contributed by atoms with Gasteiger partial charge in [-0.15, -0.1) is 0 Å². The van der Waals surface area contributed by atoms with E-state index in [1.54, 1.807) is 12.1 Å². The van der Waals surface area contributed by atoms with Crippen molar-refractivity contribution < 1.29 is 14.4 Å². The first-order valence-corrected chi connectivity index (χ1v) is 8.12. The Morgan fingerprint density at radius 1 is 1.26 bits per heavy atom. The van der Waals surface area contributed by atoms with Gasteiger partial charge in [0.25, 0.3) is 5.69 Å². The summed E-state index contributed by atoms with van der Waals surface area (Å²) in [5.74, 6) is 0.461. The number of rotatable bonds is 6. The Labute approximate surface area is 135 Å². The number of nitrogens with one attached hydrogen (secondary N) is 1. The molecule has 0 saturated carbocycles. The predicted molar refractivity (Wildman–Crippen MR) is 86.7 cm³/mol. The number of nitro groups is 1. The zero-order valence-corrected chi connectivity index (χ0v) is 13.1. The average molecular weight is 321 g/mol. The van der Waals surface area contributed by atoms with Crippen LogP contribution in [0.3, 0.4) is 0 Å². The Bertz CT molecular complexity index is 528. The van der Waals surface area contributed by atoms with Crippen molar-refractivity contribution >= 4 is 11.4 Å². The SMILES string of the molecule is O=[N+]([O-])c1ccccc1NC[C@H]([C@H]1CCOC1)N1CCOCC1. The maximum Gasteiger partial charge on any atom is 0.292 e. The van der Waals surface area contributed by atoms with Crippen LogP contribution in [0.15, 0.2) is 24.3 Å². The molecule has 0 radical (unpaired) electrons. The molecule has 1 aromatic carbocycles. The quantitative estimate of drug-likeness (QED) is 0.635. The Balaban J connectivity index is 1.69. The summed E-state index contributed by atoms with van der Waals surface area (Å²) in [4.78, 5) is 13.2. The van der Waals surface area contributed by atoms with Crippen molar-refractivity contribution in [2.24, 2.45) is 5.92 Å². The molecule has 126 valence electrons. The lowest BCUT2D eigenvalue weighted by Crippen LogP contribution is -2.50. The van der Waals surface area contributed by atoms with E-state index in [1.165, 1.54) is 6.07 Å². The molecule has 0 aliphatic carbocycles. The molecule has 2 aliphatic heterocycles. The number of para-hydroxylation sites is 2. The molecule has 0 spiro atoms. The maximum absolute atomic E-state index is 11.1. The summed E-state index contributed by atoms with van der Waals surface area (Å²) in [6.45, 7) is 5.54. The van der Waals surface area contributed by atoms with Gasteiger partial charge in [0.15, 0.2) is 0 Å². The molecule has 2 aliphatic rings. The van der Waals surface area contributed by atoms with Crippen LogP contribution in [-0.4, -0.2) is 61.9 Å². The molecule has 0 aromatic heterocycles. The van der Waals surface area contributed by atoms with Gasteiger partial charge in [-0.2, -0.15) is 0 Å². The first-order chi connectivity index (χ1) is 11.3. The van der Waals surface area contributed by atoms with Crippen molar-refractivity contribution in [3.05, 3.63) is 34.4 Å². The molecular formula is C16H23N3O4. The number of morpholine rings is 1. The van der Waals surface area contributed by atoms with Gasteiger partial charge in [-0.25, -0.2) is 0 Å². The minimum absolute atomic E-state index is 0.121. The number of nitrogens with zero attached hydrogens (tertiary/aromatic N) is 2. The minimum Gasteiger partial charge on any atom is -0.381 e. The van der Waals surface area contributed by atoms with Crippen molar-refractivity contribution in [1.82, 2.24) is 4.90 Å². The van der Waals surface area contributed by atoms with Gasteiger partial charge >= 0.3 is 0 Å². The standard InChI is InChI=1S/C16H23N3O4/c20-19(21)15-4-2-1-3-14(15)17-11-16(13-5-8-23-12-13)18-6-9-22-10-7-18/h1-4,13,16-17H,5-12H2/t13-,16+/m0/s1. The van der Waals surface area contributed by atoms with Gasteiger partial charge in [-0.05, 0) is 12.5 Å². The molecule has 1 N–H and O–H groups in total. The van der Waals surface area contributed by atoms with Crippen LogP contribution < -0.4 is 5.32 Å². The molecule has 0 bridgehead atoms. The van der Waals surface area contributed by atoms with Crippen LogP contribution in [0.2, 0.25) is 0 Å². The fourth-order valence-electron chi connectivity index (χ4n) is 3.36. The van der Waals surface area contributed by atoms with Crippen LogP contribution in [0.4, 0.5) is 11.4 Å². The van der Waals surface area contributed by atoms with Crippen LogP contribution in [0.25, 0.3) is 0 Å². The molecule has 2 fully saturated rings. The molecular weight excluding hydrogens is 298 g/mol. The number of hydrogen-bond acceptors (Lipinski definition) is 6. The largest absolute Gasteiger partial charge is 0.381 e. The van der Waals surface area contributed by atoms with Gasteiger partial charge < -0.3 is 14.8 Å². The lowest BCUT2D eigenvalue weighted by atomic mass is 9.96. The maximum atomic E-state index is 11.1. The van der Waals surface area contributed by atoms with E-state index >= 15 is 0 Å². The lowest BCUT2D eigenvalue weighted by molar-refractivity contribution is -0.384. The molecule has 0 unspecified atom stereocenters. The molecule has 2 heterocycles. The fourth-order valence-corrected chi connectivity index (χ4v) is 3.36. The Morgan fingerprint density at radius 2 is 2.04 bits per heavy atom. The van der Waals surface area contributed by atoms with Gasteiger partial charge in [0.05, 0.1) is 24.7 Å². The zero-order chi connectivity index (χ0) is 16.1. The summed E-state index contributed by atoms with van der Waals surface area (Å²) in [6.07, 6.45) is 1.04. The third-order valence-electron chi connectivity index (χ3n) is 4.63. The van der Waals surface area contributed by atoms with Gasteiger partial charge in [0, 0.05) is 44.3 Å². The van der Waals surface area contributed by atoms with Gasteiger partial charge in [0.2, 0.25) is 0 Å². The summed E-state index contributed by atoms with van der Waals surface area (Å²) in [5.41, 5.74) is 0.700. The molecule has 2 saturated heterocycles. The van der Waals surface area contributed by atoms with Gasteiger partial charge in [0.1, 0.15) is 5.69 Å². The van der Waals surface area contributed by atoms with Crippen LogP contribution in [0.5, 0.6) is 0 Å². The number of nitro benzene ring substituents is 1. The summed E-state index contributed by atoms with van der Waals surface area (Å²) in [7, 11) is 0. The Kier molecular flexibility index (Phi) is 5.43. The first kappa shape index (κ1) is 16.2. The van der Waals surface area contributed by atoms with Crippen LogP contribution in [0, 0.1) is 16.0 Å². The fraction of sp³-hybridized carbons (Fsp3) is 0.625. The van der Waals surface area contributed by atoms with Crippen molar-refractivity contribution in [2.45, 2.75) is 12.5 Å². The summed E-state index contributed by atoms with van der Waals surface area (Å²) >= 11 is 0. The molecule has 0 amide bonds. The highest BCUT2D eigenvalue weighted by molar-refractivity contribution is 5.61.